The molecule has 1 N–H and O–H groups in total. The van der Waals surface area contributed by atoms with Crippen molar-refractivity contribution in [2.45, 2.75) is 6.18 Å². The first-order chi connectivity index (χ1) is 7.70. The van der Waals surface area contributed by atoms with E-state index >= 15 is 0 Å². The molecule has 0 saturated heterocycles. The molecule has 3 nitrogen and oxygen atoms in total. The highest BCUT2D eigenvalue weighted by atomic mass is 79.9. The molecule has 0 fully saturated rings. The van der Waals surface area contributed by atoms with Gasteiger partial charge in [-0.2, -0.15) is 13.2 Å². The standard InChI is InChI=1S/C10H9BrF3NO2/c1-15(5-10(12,13)14)9(17)7-4-6(11)2-3-8(7)16/h2-4,16H,5H2,1H3. The van der Waals surface area contributed by atoms with E-state index in [2.05, 4.69) is 15.9 Å². The maximum Gasteiger partial charge on any atom is 0.406 e. The third-order valence-electron chi connectivity index (χ3n) is 1.95. The number of carbonyl (C=O) groups excluding carboxylic acids is 1. The summed E-state index contributed by atoms with van der Waals surface area (Å²) in [6.07, 6.45) is -4.47. The number of alkyl halides is 3. The summed E-state index contributed by atoms with van der Waals surface area (Å²) in [6.45, 7) is -1.36. The van der Waals surface area contributed by atoms with Crippen LogP contribution in [0.2, 0.25) is 0 Å². The Morgan fingerprint density at radius 3 is 2.59 bits per heavy atom. The van der Waals surface area contributed by atoms with Crippen LogP contribution in [0.1, 0.15) is 10.4 Å². The first-order valence-corrected chi connectivity index (χ1v) is 5.31. The molecule has 1 amide bonds. The van der Waals surface area contributed by atoms with E-state index in [4.69, 9.17) is 0 Å². The van der Waals surface area contributed by atoms with Crippen LogP contribution in [0.25, 0.3) is 0 Å². The molecular formula is C10H9BrF3NO2. The lowest BCUT2D eigenvalue weighted by Crippen LogP contribution is -2.35. The number of amides is 1. The zero-order valence-corrected chi connectivity index (χ0v) is 10.3. The highest BCUT2D eigenvalue weighted by molar-refractivity contribution is 9.10. The summed E-state index contributed by atoms with van der Waals surface area (Å²) in [7, 11) is 1.02. The van der Waals surface area contributed by atoms with Gasteiger partial charge in [-0.15, -0.1) is 0 Å². The smallest absolute Gasteiger partial charge is 0.406 e. The fraction of sp³-hybridized carbons (Fsp3) is 0.300. The fourth-order valence-corrected chi connectivity index (χ4v) is 1.59. The Hall–Kier alpha value is -1.24. The van der Waals surface area contributed by atoms with E-state index in [1.807, 2.05) is 0 Å². The lowest BCUT2D eigenvalue weighted by atomic mass is 10.2. The Morgan fingerprint density at radius 1 is 1.47 bits per heavy atom. The molecule has 17 heavy (non-hydrogen) atoms. The van der Waals surface area contributed by atoms with Crippen LogP contribution < -0.4 is 0 Å². The second kappa shape index (κ2) is 4.95. The Bertz CT molecular complexity index is 434. The summed E-state index contributed by atoms with van der Waals surface area (Å²) in [4.78, 5) is 12.1. The Kier molecular flexibility index (Phi) is 4.03. The monoisotopic (exact) mass is 311 g/mol. The Balaban J connectivity index is 2.93. The van der Waals surface area contributed by atoms with E-state index in [0.717, 1.165) is 7.05 Å². The van der Waals surface area contributed by atoms with Crippen molar-refractivity contribution in [3.63, 3.8) is 0 Å². The van der Waals surface area contributed by atoms with Gasteiger partial charge in [0.2, 0.25) is 0 Å². The molecule has 0 bridgehead atoms. The molecule has 0 aliphatic carbocycles. The van der Waals surface area contributed by atoms with Crippen LogP contribution in [0.4, 0.5) is 13.2 Å². The van der Waals surface area contributed by atoms with Gasteiger partial charge < -0.3 is 10.0 Å². The van der Waals surface area contributed by atoms with Gasteiger partial charge in [0.25, 0.3) is 5.91 Å². The first kappa shape index (κ1) is 13.8. The van der Waals surface area contributed by atoms with Crippen molar-refractivity contribution in [2.24, 2.45) is 0 Å². The lowest BCUT2D eigenvalue weighted by Gasteiger charge is -2.19. The topological polar surface area (TPSA) is 40.5 Å². The average Bonchev–Trinajstić information content (AvgIpc) is 2.18. The molecule has 0 atom stereocenters. The molecule has 94 valence electrons. The van der Waals surface area contributed by atoms with Gasteiger partial charge in [0.1, 0.15) is 12.3 Å². The van der Waals surface area contributed by atoms with Crippen molar-refractivity contribution in [2.75, 3.05) is 13.6 Å². The van der Waals surface area contributed by atoms with Crippen molar-refractivity contribution in [1.29, 1.82) is 0 Å². The fourth-order valence-electron chi connectivity index (χ4n) is 1.23. The van der Waals surface area contributed by atoms with Crippen molar-refractivity contribution in [1.82, 2.24) is 4.90 Å². The van der Waals surface area contributed by atoms with Gasteiger partial charge in [-0.1, -0.05) is 15.9 Å². The van der Waals surface area contributed by atoms with E-state index in [1.54, 1.807) is 0 Å². The van der Waals surface area contributed by atoms with Crippen molar-refractivity contribution in [3.05, 3.63) is 28.2 Å². The van der Waals surface area contributed by atoms with E-state index in [9.17, 15) is 23.1 Å². The molecule has 0 aromatic heterocycles. The second-order valence-electron chi connectivity index (χ2n) is 3.44. The van der Waals surface area contributed by atoms with E-state index in [0.29, 0.717) is 9.37 Å². The van der Waals surface area contributed by atoms with Crippen molar-refractivity contribution in [3.8, 4) is 5.75 Å². The molecule has 1 aromatic carbocycles. The van der Waals surface area contributed by atoms with Crippen LogP contribution in [0.5, 0.6) is 5.75 Å². The highest BCUT2D eigenvalue weighted by Crippen LogP contribution is 2.24. The summed E-state index contributed by atoms with van der Waals surface area (Å²) in [5, 5.41) is 9.40. The number of aromatic hydroxyl groups is 1. The predicted octanol–water partition coefficient (Wildman–Crippen LogP) is 2.79. The zero-order valence-electron chi connectivity index (χ0n) is 8.75. The molecule has 0 spiro atoms. The summed E-state index contributed by atoms with van der Waals surface area (Å²) in [6, 6.07) is 3.99. The third-order valence-corrected chi connectivity index (χ3v) is 2.45. The maximum absolute atomic E-state index is 12.1. The number of nitrogens with zero attached hydrogens (tertiary/aromatic N) is 1. The normalized spacial score (nSPS) is 11.4. The number of phenolic OH excluding ortho intramolecular Hbond substituents is 1. The maximum atomic E-state index is 12.1. The second-order valence-corrected chi connectivity index (χ2v) is 4.35. The van der Waals surface area contributed by atoms with Gasteiger partial charge in [-0.25, -0.2) is 0 Å². The SMILES string of the molecule is CN(CC(F)(F)F)C(=O)c1cc(Br)ccc1O. The molecule has 1 rings (SSSR count). The van der Waals surface area contributed by atoms with Gasteiger partial charge >= 0.3 is 6.18 Å². The summed E-state index contributed by atoms with van der Waals surface area (Å²) in [5.41, 5.74) is -0.175. The quantitative estimate of drug-likeness (QED) is 0.912. The molecule has 0 aliphatic heterocycles. The van der Waals surface area contributed by atoms with Crippen molar-refractivity contribution < 1.29 is 23.1 Å². The number of phenols is 1. The number of hydrogen-bond donors (Lipinski definition) is 1. The van der Waals surface area contributed by atoms with Gasteiger partial charge in [-0.3, -0.25) is 4.79 Å². The summed E-state index contributed by atoms with van der Waals surface area (Å²) in [5.74, 6) is -1.24. The highest BCUT2D eigenvalue weighted by Gasteiger charge is 2.32. The molecule has 0 radical (unpaired) electrons. The Labute approximate surface area is 104 Å². The summed E-state index contributed by atoms with van der Waals surface area (Å²) < 4.78 is 36.8. The lowest BCUT2D eigenvalue weighted by molar-refractivity contribution is -0.138. The van der Waals surface area contributed by atoms with Crippen LogP contribution in [-0.4, -0.2) is 35.7 Å². The van der Waals surface area contributed by atoms with E-state index in [-0.39, 0.29) is 11.3 Å². The minimum absolute atomic E-state index is 0.175. The number of hydrogen-bond acceptors (Lipinski definition) is 2. The molecule has 7 heteroatoms. The molecule has 0 unspecified atom stereocenters. The minimum atomic E-state index is -4.47. The van der Waals surface area contributed by atoms with Gasteiger partial charge in [-0.05, 0) is 18.2 Å². The largest absolute Gasteiger partial charge is 0.507 e. The third kappa shape index (κ3) is 3.92. The van der Waals surface area contributed by atoms with Gasteiger partial charge in [0.15, 0.2) is 0 Å². The number of halogens is 4. The minimum Gasteiger partial charge on any atom is -0.507 e. The summed E-state index contributed by atoms with van der Waals surface area (Å²) >= 11 is 3.07. The zero-order chi connectivity index (χ0) is 13.2. The average molecular weight is 312 g/mol. The Morgan fingerprint density at radius 2 is 2.06 bits per heavy atom. The molecule has 0 heterocycles. The van der Waals surface area contributed by atoms with Gasteiger partial charge in [0.05, 0.1) is 5.56 Å². The molecule has 1 aromatic rings. The molecule has 0 saturated carbocycles. The number of rotatable bonds is 2. The number of carbonyl (C=O) groups is 1. The van der Waals surface area contributed by atoms with Gasteiger partial charge in [0, 0.05) is 11.5 Å². The van der Waals surface area contributed by atoms with Crippen LogP contribution in [-0.2, 0) is 0 Å². The molecular weight excluding hydrogens is 303 g/mol. The van der Waals surface area contributed by atoms with Crippen LogP contribution in [0.15, 0.2) is 22.7 Å². The predicted molar refractivity (Wildman–Crippen MR) is 58.8 cm³/mol. The van der Waals surface area contributed by atoms with E-state index < -0.39 is 18.6 Å². The number of benzene rings is 1. The van der Waals surface area contributed by atoms with Crippen LogP contribution >= 0.6 is 15.9 Å². The van der Waals surface area contributed by atoms with E-state index in [1.165, 1.54) is 18.2 Å². The first-order valence-electron chi connectivity index (χ1n) is 4.51. The van der Waals surface area contributed by atoms with Crippen LogP contribution in [0, 0.1) is 0 Å². The molecule has 0 aliphatic rings. The van der Waals surface area contributed by atoms with Crippen LogP contribution in [0.3, 0.4) is 0 Å². The van der Waals surface area contributed by atoms with Crippen molar-refractivity contribution >= 4 is 21.8 Å².